The molecule has 2 N–H and O–H groups in total. The second-order valence-electron chi connectivity index (χ2n) is 5.18. The summed E-state index contributed by atoms with van der Waals surface area (Å²) in [5.41, 5.74) is 0.238. The molecule has 0 fully saturated rings. The molecule has 0 saturated carbocycles. The lowest BCUT2D eigenvalue weighted by Gasteiger charge is -2.20. The monoisotopic (exact) mass is 346 g/mol. The number of aromatic nitrogens is 1. The summed E-state index contributed by atoms with van der Waals surface area (Å²) in [6.45, 7) is 4.33. The lowest BCUT2D eigenvalue weighted by Crippen LogP contribution is -2.37. The Kier molecular flexibility index (Phi) is 4.83. The molecule has 126 valence electrons. The fraction of sp³-hybridized carbons (Fsp3) is 0.357. The van der Waals surface area contributed by atoms with Crippen LogP contribution >= 0.6 is 0 Å². The van der Waals surface area contributed by atoms with Crippen molar-refractivity contribution in [3.05, 3.63) is 46.9 Å². The second-order valence-corrected chi connectivity index (χ2v) is 6.83. The zero-order valence-electron chi connectivity index (χ0n) is 12.7. The van der Waals surface area contributed by atoms with Crippen molar-refractivity contribution in [2.75, 3.05) is 0 Å². The minimum atomic E-state index is -3.98. The number of aliphatic hydroxyl groups is 1. The molecule has 0 aliphatic heterocycles. The van der Waals surface area contributed by atoms with Crippen molar-refractivity contribution in [1.82, 2.24) is 9.88 Å². The number of sulfonamides is 1. The summed E-state index contributed by atoms with van der Waals surface area (Å²) >= 11 is 0. The first kappa shape index (κ1) is 17.5. The van der Waals surface area contributed by atoms with Crippen LogP contribution in [0.15, 0.2) is 27.6 Å². The molecule has 0 bridgehead atoms. The third-order valence-electron chi connectivity index (χ3n) is 3.34. The van der Waals surface area contributed by atoms with Gasteiger partial charge in [-0.25, -0.2) is 21.9 Å². The Hall–Kier alpha value is -1.84. The van der Waals surface area contributed by atoms with E-state index in [0.29, 0.717) is 0 Å². The smallest absolute Gasteiger partial charge is 0.246 e. The highest BCUT2D eigenvalue weighted by Gasteiger charge is 2.29. The Morgan fingerprint density at radius 1 is 1.26 bits per heavy atom. The van der Waals surface area contributed by atoms with Crippen molar-refractivity contribution in [3.8, 4) is 0 Å². The fourth-order valence-electron chi connectivity index (χ4n) is 2.21. The zero-order valence-corrected chi connectivity index (χ0v) is 13.5. The first-order valence-corrected chi connectivity index (χ1v) is 8.20. The molecule has 2 atom stereocenters. The van der Waals surface area contributed by atoms with Crippen LogP contribution in [0.1, 0.15) is 30.0 Å². The lowest BCUT2D eigenvalue weighted by atomic mass is 10.0. The molecule has 1 heterocycles. The van der Waals surface area contributed by atoms with Crippen LogP contribution in [0.5, 0.6) is 0 Å². The van der Waals surface area contributed by atoms with Crippen molar-refractivity contribution < 1.29 is 26.8 Å². The van der Waals surface area contributed by atoms with Crippen molar-refractivity contribution in [2.24, 2.45) is 0 Å². The molecule has 1 aromatic carbocycles. The Labute approximate surface area is 132 Å². The second kappa shape index (κ2) is 6.34. The minimum absolute atomic E-state index is 0.0536. The van der Waals surface area contributed by atoms with Gasteiger partial charge < -0.3 is 9.63 Å². The SMILES string of the molecule is Cc1noc(C)c1S(=O)(=O)N[C@@H](C)[C@H](O)c1ccc(F)c(F)c1. The molecule has 0 amide bonds. The number of benzene rings is 1. The highest BCUT2D eigenvalue weighted by molar-refractivity contribution is 7.89. The van der Waals surface area contributed by atoms with Gasteiger partial charge in [0.2, 0.25) is 10.0 Å². The number of hydrogen-bond acceptors (Lipinski definition) is 5. The van der Waals surface area contributed by atoms with Crippen molar-refractivity contribution in [2.45, 2.75) is 37.8 Å². The third-order valence-corrected chi connectivity index (χ3v) is 5.14. The molecule has 0 aliphatic carbocycles. The first-order chi connectivity index (χ1) is 10.6. The maximum atomic E-state index is 13.2. The number of aryl methyl sites for hydroxylation is 2. The van der Waals surface area contributed by atoms with Gasteiger partial charge in [-0.2, -0.15) is 0 Å². The molecule has 2 aromatic rings. The number of aliphatic hydroxyl groups excluding tert-OH is 1. The van der Waals surface area contributed by atoms with E-state index in [2.05, 4.69) is 9.88 Å². The Morgan fingerprint density at radius 2 is 1.91 bits per heavy atom. The molecule has 1 aromatic heterocycles. The largest absolute Gasteiger partial charge is 0.387 e. The molecular weight excluding hydrogens is 330 g/mol. The van der Waals surface area contributed by atoms with Crippen LogP contribution < -0.4 is 4.72 Å². The molecule has 0 spiro atoms. The van der Waals surface area contributed by atoms with Crippen LogP contribution in [0, 0.1) is 25.5 Å². The van der Waals surface area contributed by atoms with E-state index >= 15 is 0 Å². The Bertz CT molecular complexity index is 801. The standard InChI is InChI=1S/C14H16F2N2O4S/c1-7(13(19)10-4-5-11(15)12(16)6-10)18-23(20,21)14-8(2)17-22-9(14)3/h4-7,13,18-19H,1-3H3/t7-,13-/m0/s1. The molecule has 23 heavy (non-hydrogen) atoms. The van der Waals surface area contributed by atoms with Gasteiger partial charge in [0.05, 0.1) is 6.10 Å². The van der Waals surface area contributed by atoms with Crippen LogP contribution in [0.2, 0.25) is 0 Å². The third kappa shape index (κ3) is 3.57. The molecular formula is C14H16F2N2O4S. The number of rotatable bonds is 5. The van der Waals surface area contributed by atoms with Gasteiger partial charge in [-0.3, -0.25) is 0 Å². The lowest BCUT2D eigenvalue weighted by molar-refractivity contribution is 0.146. The number of hydrogen-bond donors (Lipinski definition) is 2. The van der Waals surface area contributed by atoms with E-state index in [1.807, 2.05) is 0 Å². The molecule has 0 saturated heterocycles. The first-order valence-electron chi connectivity index (χ1n) is 6.71. The van der Waals surface area contributed by atoms with Crippen LogP contribution in [-0.4, -0.2) is 24.7 Å². The van der Waals surface area contributed by atoms with Crippen LogP contribution in [0.25, 0.3) is 0 Å². The summed E-state index contributed by atoms with van der Waals surface area (Å²) in [6, 6.07) is 1.88. The van der Waals surface area contributed by atoms with E-state index in [1.54, 1.807) is 0 Å². The highest BCUT2D eigenvalue weighted by atomic mass is 32.2. The van der Waals surface area contributed by atoms with Crippen molar-refractivity contribution >= 4 is 10.0 Å². The van der Waals surface area contributed by atoms with Crippen molar-refractivity contribution in [1.29, 1.82) is 0 Å². The predicted molar refractivity (Wildman–Crippen MR) is 77.1 cm³/mol. The van der Waals surface area contributed by atoms with Gasteiger partial charge >= 0.3 is 0 Å². The van der Waals surface area contributed by atoms with Crippen LogP contribution in [0.4, 0.5) is 8.78 Å². The summed E-state index contributed by atoms with van der Waals surface area (Å²) in [7, 11) is -3.98. The zero-order chi connectivity index (χ0) is 17.4. The molecule has 0 aliphatic rings. The maximum absolute atomic E-state index is 13.2. The highest BCUT2D eigenvalue weighted by Crippen LogP contribution is 2.23. The average molecular weight is 346 g/mol. The van der Waals surface area contributed by atoms with Gasteiger partial charge in [0.1, 0.15) is 10.6 Å². The predicted octanol–water partition coefficient (Wildman–Crippen LogP) is 1.97. The summed E-state index contributed by atoms with van der Waals surface area (Å²) in [4.78, 5) is -0.109. The quantitative estimate of drug-likeness (QED) is 0.863. The van der Waals surface area contributed by atoms with Crippen molar-refractivity contribution in [3.63, 3.8) is 0 Å². The van der Waals surface area contributed by atoms with Gasteiger partial charge in [0.25, 0.3) is 0 Å². The normalized spacial score (nSPS) is 14.7. The Morgan fingerprint density at radius 3 is 2.43 bits per heavy atom. The van der Waals surface area contributed by atoms with E-state index in [4.69, 9.17) is 4.52 Å². The number of nitrogens with zero attached hydrogens (tertiary/aromatic N) is 1. The minimum Gasteiger partial charge on any atom is -0.387 e. The van der Waals surface area contributed by atoms with Gasteiger partial charge in [-0.05, 0) is 38.5 Å². The van der Waals surface area contributed by atoms with Gasteiger partial charge in [0, 0.05) is 6.04 Å². The maximum Gasteiger partial charge on any atom is 0.246 e. The van der Waals surface area contributed by atoms with Gasteiger partial charge in [0.15, 0.2) is 17.4 Å². The topological polar surface area (TPSA) is 92.4 Å². The van der Waals surface area contributed by atoms with E-state index in [9.17, 15) is 22.3 Å². The molecule has 6 nitrogen and oxygen atoms in total. The molecule has 2 rings (SSSR count). The van der Waals surface area contributed by atoms with Gasteiger partial charge in [-0.15, -0.1) is 0 Å². The van der Waals surface area contributed by atoms with E-state index < -0.39 is 33.8 Å². The summed E-state index contributed by atoms with van der Waals surface area (Å²) in [5, 5.41) is 13.7. The summed E-state index contributed by atoms with van der Waals surface area (Å²) in [5.74, 6) is -2.06. The van der Waals surface area contributed by atoms with Crippen LogP contribution in [0.3, 0.4) is 0 Å². The molecule has 0 unspecified atom stereocenters. The fourth-order valence-corrected chi connectivity index (χ4v) is 3.79. The average Bonchev–Trinajstić information content (AvgIpc) is 2.80. The Balaban J connectivity index is 2.23. The van der Waals surface area contributed by atoms with Crippen LogP contribution in [-0.2, 0) is 10.0 Å². The van der Waals surface area contributed by atoms with E-state index in [-0.39, 0.29) is 21.9 Å². The number of nitrogens with one attached hydrogen (secondary N) is 1. The summed E-state index contributed by atoms with van der Waals surface area (Å²) < 4.78 is 57.9. The number of halogens is 2. The summed E-state index contributed by atoms with van der Waals surface area (Å²) in [6.07, 6.45) is -1.36. The molecule has 0 radical (unpaired) electrons. The van der Waals surface area contributed by atoms with E-state index in [0.717, 1.165) is 12.1 Å². The van der Waals surface area contributed by atoms with E-state index in [1.165, 1.54) is 26.8 Å². The van der Waals surface area contributed by atoms with Gasteiger partial charge in [-0.1, -0.05) is 11.2 Å². The molecule has 9 heteroatoms.